The van der Waals surface area contributed by atoms with E-state index in [9.17, 15) is 0 Å². The summed E-state index contributed by atoms with van der Waals surface area (Å²) in [5.74, 6) is 0. The molecule has 4 rings (SSSR count). The summed E-state index contributed by atoms with van der Waals surface area (Å²) >= 11 is 1.73. The van der Waals surface area contributed by atoms with E-state index in [0.29, 0.717) is 0 Å². The van der Waals surface area contributed by atoms with Crippen molar-refractivity contribution in [1.82, 2.24) is 0 Å². The van der Waals surface area contributed by atoms with Gasteiger partial charge < -0.3 is 0 Å². The first kappa shape index (κ1) is 19.2. The monoisotopic (exact) mass is 442 g/mol. The van der Waals surface area contributed by atoms with Crippen LogP contribution in [-0.4, -0.2) is 16.9 Å². The van der Waals surface area contributed by atoms with Gasteiger partial charge in [-0.05, 0) is 0 Å². The van der Waals surface area contributed by atoms with Crippen molar-refractivity contribution in [3.8, 4) is 0 Å². The van der Waals surface area contributed by atoms with Gasteiger partial charge in [0.15, 0.2) is 0 Å². The SMILES string of the molecule is PC(c1ccccc1)(c1ccccc1)C([AsH2])(c1ccccc1)c1ccccc1. The molecule has 28 heavy (non-hydrogen) atoms. The van der Waals surface area contributed by atoms with Crippen molar-refractivity contribution >= 4 is 26.1 Å². The quantitative estimate of drug-likeness (QED) is 0.288. The van der Waals surface area contributed by atoms with E-state index in [1.54, 1.807) is 16.9 Å². The summed E-state index contributed by atoms with van der Waals surface area (Å²) in [6.07, 6.45) is 0. The Balaban J connectivity index is 2.09. The number of hydrogen-bond donors (Lipinski definition) is 0. The van der Waals surface area contributed by atoms with Crippen molar-refractivity contribution in [2.75, 3.05) is 0 Å². The molecule has 2 unspecified atom stereocenters. The Morgan fingerprint density at radius 2 is 0.679 bits per heavy atom. The van der Waals surface area contributed by atoms with Gasteiger partial charge in [0, 0.05) is 0 Å². The molecule has 4 aromatic carbocycles. The Morgan fingerprint density at radius 1 is 0.429 bits per heavy atom. The van der Waals surface area contributed by atoms with Gasteiger partial charge in [0.2, 0.25) is 0 Å². The topological polar surface area (TPSA) is 0 Å². The molecule has 0 N–H and O–H groups in total. The molecule has 0 amide bonds. The average molecular weight is 442 g/mol. The van der Waals surface area contributed by atoms with Gasteiger partial charge >= 0.3 is 179 Å². The van der Waals surface area contributed by atoms with E-state index in [2.05, 4.69) is 131 Å². The predicted octanol–water partition coefficient (Wildman–Crippen LogP) is 5.38. The van der Waals surface area contributed by atoms with Crippen LogP contribution in [0.15, 0.2) is 121 Å². The number of hydrogen-bond acceptors (Lipinski definition) is 0. The maximum atomic E-state index is 3.25. The van der Waals surface area contributed by atoms with Crippen LogP contribution in [-0.2, 0) is 9.36 Å². The number of rotatable bonds is 5. The van der Waals surface area contributed by atoms with Crippen molar-refractivity contribution in [2.24, 2.45) is 0 Å². The van der Waals surface area contributed by atoms with Crippen molar-refractivity contribution in [2.45, 2.75) is 9.36 Å². The summed E-state index contributed by atoms with van der Waals surface area (Å²) in [5, 5.41) is -0.307. The molecule has 0 nitrogen and oxygen atoms in total. The van der Waals surface area contributed by atoms with E-state index in [0.717, 1.165) is 0 Å². The summed E-state index contributed by atoms with van der Waals surface area (Å²) in [5.41, 5.74) is 5.24. The van der Waals surface area contributed by atoms with Gasteiger partial charge in [0.25, 0.3) is 0 Å². The summed E-state index contributed by atoms with van der Waals surface area (Å²) in [4.78, 5) is 0. The second kappa shape index (κ2) is 8.08. The first-order chi connectivity index (χ1) is 13.7. The minimum absolute atomic E-state index is 0.226. The molecular formula is C26H24AsP. The zero-order chi connectivity index (χ0) is 19.5. The molecule has 0 heterocycles. The van der Waals surface area contributed by atoms with Crippen molar-refractivity contribution < 1.29 is 0 Å². The predicted molar refractivity (Wildman–Crippen MR) is 126 cm³/mol. The maximum absolute atomic E-state index is 3.25. The molecule has 0 saturated carbocycles. The van der Waals surface area contributed by atoms with E-state index in [4.69, 9.17) is 0 Å². The van der Waals surface area contributed by atoms with Gasteiger partial charge in [-0.15, -0.1) is 0 Å². The summed E-state index contributed by atoms with van der Waals surface area (Å²) < 4.78 is -0.226. The van der Waals surface area contributed by atoms with Crippen LogP contribution in [0.25, 0.3) is 0 Å². The molecule has 2 heteroatoms. The van der Waals surface area contributed by atoms with Crippen LogP contribution in [0.3, 0.4) is 0 Å². The second-order valence-electron chi connectivity index (χ2n) is 7.08. The molecule has 0 saturated heterocycles. The first-order valence-electron chi connectivity index (χ1n) is 9.47. The Morgan fingerprint density at radius 3 is 0.964 bits per heavy atom. The molecule has 0 aliphatic carbocycles. The van der Waals surface area contributed by atoms with E-state index >= 15 is 0 Å². The van der Waals surface area contributed by atoms with Gasteiger partial charge in [-0.1, -0.05) is 0 Å². The summed E-state index contributed by atoms with van der Waals surface area (Å²) in [6.45, 7) is 0. The van der Waals surface area contributed by atoms with Crippen LogP contribution in [0.4, 0.5) is 0 Å². The zero-order valence-electron chi connectivity index (χ0n) is 15.7. The van der Waals surface area contributed by atoms with Crippen LogP contribution in [0, 0.1) is 0 Å². The Bertz CT molecular complexity index is 849. The average Bonchev–Trinajstić information content (AvgIpc) is 2.80. The van der Waals surface area contributed by atoms with Crippen LogP contribution in [0.1, 0.15) is 22.3 Å². The molecule has 0 aliphatic heterocycles. The summed E-state index contributed by atoms with van der Waals surface area (Å²) in [7, 11) is 3.25. The standard InChI is InChI=1S/C26H24AsP/c27-25(21-13-5-1-6-14-21,22-15-7-2-8-16-22)26(28,23-17-9-3-10-18-23)24-19-11-4-12-20-24/h1-20H,27-28H2. The van der Waals surface area contributed by atoms with Crippen LogP contribution in [0.2, 0.25) is 0 Å². The molecule has 0 fully saturated rings. The zero-order valence-corrected chi connectivity index (χ0v) is 19.3. The van der Waals surface area contributed by atoms with E-state index in [-0.39, 0.29) is 9.36 Å². The Hall–Kier alpha value is -2.13. The van der Waals surface area contributed by atoms with Gasteiger partial charge in [0.05, 0.1) is 0 Å². The third kappa shape index (κ3) is 3.16. The minimum atomic E-state index is -0.307. The van der Waals surface area contributed by atoms with Crippen LogP contribution < -0.4 is 0 Å². The van der Waals surface area contributed by atoms with Gasteiger partial charge in [0.1, 0.15) is 0 Å². The van der Waals surface area contributed by atoms with Crippen LogP contribution in [0.5, 0.6) is 0 Å². The fraction of sp³-hybridized carbons (Fsp3) is 0.0769. The fourth-order valence-corrected chi connectivity index (χ4v) is 6.27. The van der Waals surface area contributed by atoms with Gasteiger partial charge in [-0.3, -0.25) is 0 Å². The van der Waals surface area contributed by atoms with Crippen LogP contribution >= 0.6 is 9.24 Å². The van der Waals surface area contributed by atoms with Crippen molar-refractivity contribution in [3.05, 3.63) is 144 Å². The normalized spacial score (nSPS) is 11.9. The molecule has 2 atom stereocenters. The summed E-state index contributed by atoms with van der Waals surface area (Å²) in [6, 6.07) is 43.6. The number of benzene rings is 4. The third-order valence-corrected chi connectivity index (χ3v) is 9.71. The van der Waals surface area contributed by atoms with E-state index < -0.39 is 0 Å². The molecule has 0 aliphatic rings. The molecule has 4 aromatic rings. The van der Waals surface area contributed by atoms with Crippen molar-refractivity contribution in [1.29, 1.82) is 0 Å². The molecule has 0 radical (unpaired) electrons. The molecule has 0 aromatic heterocycles. The molecule has 0 spiro atoms. The third-order valence-electron chi connectivity index (χ3n) is 5.54. The molecular weight excluding hydrogens is 418 g/mol. The van der Waals surface area contributed by atoms with E-state index in [1.807, 2.05) is 0 Å². The second-order valence-corrected chi connectivity index (χ2v) is 9.76. The van der Waals surface area contributed by atoms with Crippen molar-refractivity contribution in [3.63, 3.8) is 0 Å². The Labute approximate surface area is 178 Å². The van der Waals surface area contributed by atoms with E-state index in [1.165, 1.54) is 22.3 Å². The van der Waals surface area contributed by atoms with Gasteiger partial charge in [-0.25, -0.2) is 0 Å². The van der Waals surface area contributed by atoms with Gasteiger partial charge in [-0.2, -0.15) is 0 Å². The molecule has 138 valence electrons. The fourth-order valence-electron chi connectivity index (χ4n) is 4.05. The Kier molecular flexibility index (Phi) is 5.54. The first-order valence-corrected chi connectivity index (χ1v) is 11.3. The molecule has 0 bridgehead atoms.